The Labute approximate surface area is 144 Å². The number of ether oxygens (including phenoxy) is 1. The summed E-state index contributed by atoms with van der Waals surface area (Å²) in [6, 6.07) is 10.2. The highest BCUT2D eigenvalue weighted by molar-refractivity contribution is 6.32. The summed E-state index contributed by atoms with van der Waals surface area (Å²) in [5, 5.41) is 3.48. The number of carbonyl (C=O) groups excluding carboxylic acids is 1. The molecule has 0 aliphatic carbocycles. The van der Waals surface area contributed by atoms with Crippen molar-refractivity contribution in [3.63, 3.8) is 0 Å². The van der Waals surface area contributed by atoms with Crippen molar-refractivity contribution in [1.29, 1.82) is 0 Å². The van der Waals surface area contributed by atoms with E-state index in [9.17, 15) is 13.6 Å². The third-order valence-corrected chi connectivity index (χ3v) is 3.41. The first-order valence-electron chi connectivity index (χ1n) is 7.60. The number of para-hydroxylation sites is 1. The smallest absolute Gasteiger partial charge is 0.272 e. The minimum atomic E-state index is -0.784. The van der Waals surface area contributed by atoms with Crippen LogP contribution in [-0.2, 0) is 16.2 Å². The molecule has 0 saturated heterocycles. The monoisotopic (exact) mass is 348 g/mol. The zero-order valence-corrected chi connectivity index (χ0v) is 13.9. The fourth-order valence-corrected chi connectivity index (χ4v) is 2.26. The molecule has 0 heterocycles. The molecule has 0 N–H and O–H groups in total. The molecular formula is C18H18F2N2O3. The van der Waals surface area contributed by atoms with Crippen LogP contribution in [0.5, 0.6) is 5.75 Å². The zero-order valence-electron chi connectivity index (χ0n) is 13.9. The van der Waals surface area contributed by atoms with Crippen molar-refractivity contribution in [3.8, 4) is 5.75 Å². The van der Waals surface area contributed by atoms with Crippen LogP contribution in [0, 0.1) is 11.6 Å². The van der Waals surface area contributed by atoms with Gasteiger partial charge in [-0.25, -0.2) is 8.78 Å². The van der Waals surface area contributed by atoms with Crippen LogP contribution in [0.25, 0.3) is 0 Å². The van der Waals surface area contributed by atoms with Gasteiger partial charge in [-0.1, -0.05) is 23.4 Å². The first kappa shape index (κ1) is 18.4. The average molecular weight is 348 g/mol. The standard InChI is InChI=1S/C18H18F2N2O3/c1-3-22(18(23)11-21-24-2)16-7-5-4-6-13(16)12-25-17-9-8-14(19)10-15(17)20/h4-11H,3,12H2,1-2H3. The van der Waals surface area contributed by atoms with E-state index >= 15 is 0 Å². The molecule has 2 aromatic carbocycles. The number of benzene rings is 2. The van der Waals surface area contributed by atoms with E-state index in [-0.39, 0.29) is 18.3 Å². The van der Waals surface area contributed by atoms with E-state index < -0.39 is 11.6 Å². The highest BCUT2D eigenvalue weighted by Gasteiger charge is 2.16. The highest BCUT2D eigenvalue weighted by Crippen LogP contribution is 2.24. The molecule has 0 aliphatic rings. The number of halogens is 2. The Kier molecular flexibility index (Phi) is 6.45. The summed E-state index contributed by atoms with van der Waals surface area (Å²) in [5.74, 6) is -1.88. The summed E-state index contributed by atoms with van der Waals surface area (Å²) in [7, 11) is 1.35. The van der Waals surface area contributed by atoms with Gasteiger partial charge in [-0.3, -0.25) is 4.79 Å². The lowest BCUT2D eigenvalue weighted by Crippen LogP contribution is -2.32. The van der Waals surface area contributed by atoms with E-state index in [0.717, 1.165) is 18.3 Å². The number of carbonyl (C=O) groups is 1. The minimum absolute atomic E-state index is 0.0178. The van der Waals surface area contributed by atoms with E-state index in [2.05, 4.69) is 9.99 Å². The maximum Gasteiger partial charge on any atom is 0.272 e. The molecule has 0 aromatic heterocycles. The fourth-order valence-electron chi connectivity index (χ4n) is 2.26. The predicted molar refractivity (Wildman–Crippen MR) is 90.7 cm³/mol. The van der Waals surface area contributed by atoms with Crippen LogP contribution in [0.2, 0.25) is 0 Å². The van der Waals surface area contributed by atoms with Gasteiger partial charge in [0.05, 0.1) is 5.69 Å². The van der Waals surface area contributed by atoms with E-state index in [4.69, 9.17) is 4.74 Å². The molecule has 0 unspecified atom stereocenters. The molecule has 0 bridgehead atoms. The second kappa shape index (κ2) is 8.77. The molecule has 0 radical (unpaired) electrons. The Morgan fingerprint density at radius 2 is 2.00 bits per heavy atom. The van der Waals surface area contributed by atoms with E-state index in [1.54, 1.807) is 24.3 Å². The number of oxime groups is 1. The largest absolute Gasteiger partial charge is 0.486 e. The zero-order chi connectivity index (χ0) is 18.2. The topological polar surface area (TPSA) is 51.1 Å². The van der Waals surface area contributed by atoms with Crippen LogP contribution in [0.4, 0.5) is 14.5 Å². The van der Waals surface area contributed by atoms with Gasteiger partial charge in [0.15, 0.2) is 11.6 Å². The summed E-state index contributed by atoms with van der Waals surface area (Å²) in [6.07, 6.45) is 1.07. The normalized spacial score (nSPS) is 10.7. The number of hydrogen-bond acceptors (Lipinski definition) is 4. The summed E-state index contributed by atoms with van der Waals surface area (Å²) >= 11 is 0. The van der Waals surface area contributed by atoms with Crippen molar-refractivity contribution in [2.45, 2.75) is 13.5 Å². The minimum Gasteiger partial charge on any atom is -0.486 e. The lowest BCUT2D eigenvalue weighted by Gasteiger charge is -2.22. The number of nitrogens with zero attached hydrogens (tertiary/aromatic N) is 2. The van der Waals surface area contributed by atoms with E-state index in [1.165, 1.54) is 18.1 Å². The molecule has 0 saturated carbocycles. The molecular weight excluding hydrogens is 330 g/mol. The first-order valence-corrected chi connectivity index (χ1v) is 7.60. The van der Waals surface area contributed by atoms with Crippen molar-refractivity contribution < 1.29 is 23.1 Å². The maximum atomic E-state index is 13.7. The molecule has 1 amide bonds. The molecule has 0 spiro atoms. The van der Waals surface area contributed by atoms with Crippen LogP contribution >= 0.6 is 0 Å². The van der Waals surface area contributed by atoms with Crippen molar-refractivity contribution in [2.75, 3.05) is 18.6 Å². The van der Waals surface area contributed by atoms with Gasteiger partial charge >= 0.3 is 0 Å². The van der Waals surface area contributed by atoms with Crippen LogP contribution in [-0.4, -0.2) is 25.8 Å². The molecule has 2 aromatic rings. The van der Waals surface area contributed by atoms with E-state index in [0.29, 0.717) is 17.8 Å². The number of hydrogen-bond donors (Lipinski definition) is 0. The van der Waals surface area contributed by atoms with Crippen molar-refractivity contribution in [2.24, 2.45) is 5.16 Å². The Hall–Kier alpha value is -2.96. The Morgan fingerprint density at radius 1 is 1.24 bits per heavy atom. The van der Waals surface area contributed by atoms with Crippen LogP contribution in [0.15, 0.2) is 47.6 Å². The van der Waals surface area contributed by atoms with Gasteiger partial charge in [0.2, 0.25) is 0 Å². The summed E-state index contributed by atoms with van der Waals surface area (Å²) in [6.45, 7) is 2.23. The van der Waals surface area contributed by atoms with Gasteiger partial charge in [0.25, 0.3) is 5.91 Å². The van der Waals surface area contributed by atoms with E-state index in [1.807, 2.05) is 6.92 Å². The van der Waals surface area contributed by atoms with Crippen molar-refractivity contribution in [3.05, 3.63) is 59.7 Å². The van der Waals surface area contributed by atoms with Gasteiger partial charge in [0.1, 0.15) is 25.7 Å². The molecule has 0 aliphatic heterocycles. The molecule has 25 heavy (non-hydrogen) atoms. The van der Waals surface area contributed by atoms with Gasteiger partial charge in [-0.2, -0.15) is 0 Å². The third kappa shape index (κ3) is 4.76. The Morgan fingerprint density at radius 3 is 2.68 bits per heavy atom. The molecule has 7 heteroatoms. The quantitative estimate of drug-likeness (QED) is 0.568. The third-order valence-electron chi connectivity index (χ3n) is 3.41. The Bertz CT molecular complexity index is 766. The second-order valence-corrected chi connectivity index (χ2v) is 4.99. The second-order valence-electron chi connectivity index (χ2n) is 4.99. The lowest BCUT2D eigenvalue weighted by atomic mass is 10.1. The summed E-state index contributed by atoms with van der Waals surface area (Å²) < 4.78 is 32.1. The Balaban J connectivity index is 2.21. The predicted octanol–water partition coefficient (Wildman–Crippen LogP) is 3.53. The molecule has 0 fully saturated rings. The molecule has 0 atom stereocenters. The number of anilines is 1. The summed E-state index contributed by atoms with van der Waals surface area (Å²) in [5.41, 5.74) is 1.28. The highest BCUT2D eigenvalue weighted by atomic mass is 19.1. The summed E-state index contributed by atoms with van der Waals surface area (Å²) in [4.78, 5) is 18.2. The lowest BCUT2D eigenvalue weighted by molar-refractivity contribution is -0.112. The molecule has 5 nitrogen and oxygen atoms in total. The van der Waals surface area contributed by atoms with Gasteiger partial charge in [0, 0.05) is 18.2 Å². The van der Waals surface area contributed by atoms with Crippen molar-refractivity contribution in [1.82, 2.24) is 0 Å². The number of amides is 1. The fraction of sp³-hybridized carbons (Fsp3) is 0.222. The van der Waals surface area contributed by atoms with Gasteiger partial charge in [-0.15, -0.1) is 0 Å². The van der Waals surface area contributed by atoms with Crippen LogP contribution in [0.1, 0.15) is 12.5 Å². The molecule has 2 rings (SSSR count). The average Bonchev–Trinajstić information content (AvgIpc) is 2.61. The first-order chi connectivity index (χ1) is 12.1. The van der Waals surface area contributed by atoms with Crippen LogP contribution in [0.3, 0.4) is 0 Å². The molecule has 132 valence electrons. The maximum absolute atomic E-state index is 13.7. The van der Waals surface area contributed by atoms with Crippen LogP contribution < -0.4 is 9.64 Å². The van der Waals surface area contributed by atoms with Gasteiger partial charge in [-0.05, 0) is 25.1 Å². The van der Waals surface area contributed by atoms with Crippen molar-refractivity contribution >= 4 is 17.8 Å². The van der Waals surface area contributed by atoms with Gasteiger partial charge < -0.3 is 14.5 Å². The SMILES string of the molecule is CCN(C(=O)C=NOC)c1ccccc1COc1ccc(F)cc1F. The number of rotatable bonds is 7.